The molecule has 14 heavy (non-hydrogen) atoms. The molecule has 0 fully saturated rings. The molecule has 74 valence electrons. The minimum absolute atomic E-state index is 0.181. The zero-order valence-corrected chi connectivity index (χ0v) is 8.62. The number of rotatable bonds is 5. The molecule has 1 nitrogen and oxygen atoms in total. The summed E-state index contributed by atoms with van der Waals surface area (Å²) in [6.07, 6.45) is 2.50. The molecule has 0 spiro atoms. The molecule has 1 aromatic rings. The Morgan fingerprint density at radius 2 is 1.93 bits per heavy atom. The van der Waals surface area contributed by atoms with E-state index in [2.05, 4.69) is 18.7 Å². The van der Waals surface area contributed by atoms with E-state index in [4.69, 9.17) is 0 Å². The lowest BCUT2D eigenvalue weighted by atomic mass is 10.0. The van der Waals surface area contributed by atoms with Crippen molar-refractivity contribution >= 4 is 5.78 Å². The van der Waals surface area contributed by atoms with Gasteiger partial charge in [-0.1, -0.05) is 36.9 Å². The van der Waals surface area contributed by atoms with Crippen LogP contribution in [0, 0.1) is 0 Å². The van der Waals surface area contributed by atoms with E-state index < -0.39 is 0 Å². The van der Waals surface area contributed by atoms with Crippen molar-refractivity contribution in [3.05, 3.63) is 48.0 Å². The maximum Gasteiger partial charge on any atom is 0.157 e. The molecule has 0 unspecified atom stereocenters. The molecule has 0 amide bonds. The number of hydrogen-bond acceptors (Lipinski definition) is 1. The van der Waals surface area contributed by atoms with Gasteiger partial charge in [0.05, 0.1) is 0 Å². The van der Waals surface area contributed by atoms with Crippen LogP contribution in [0.3, 0.4) is 0 Å². The average Bonchev–Trinajstić information content (AvgIpc) is 2.19. The fraction of sp³-hybridized carbons (Fsp3) is 0.308. The normalized spacial score (nSPS) is 9.79. The van der Waals surface area contributed by atoms with Gasteiger partial charge in [0.15, 0.2) is 5.78 Å². The van der Waals surface area contributed by atoms with E-state index in [1.165, 1.54) is 5.56 Å². The van der Waals surface area contributed by atoms with Gasteiger partial charge in [0.25, 0.3) is 0 Å². The van der Waals surface area contributed by atoms with Crippen LogP contribution in [-0.2, 0) is 11.2 Å². The summed E-state index contributed by atoms with van der Waals surface area (Å²) in [6, 6.07) is 10.2. The van der Waals surface area contributed by atoms with Gasteiger partial charge in [-0.25, -0.2) is 0 Å². The fourth-order valence-electron chi connectivity index (χ4n) is 1.31. The molecule has 1 aromatic carbocycles. The predicted molar refractivity (Wildman–Crippen MR) is 59.2 cm³/mol. The van der Waals surface area contributed by atoms with Crippen molar-refractivity contribution in [1.82, 2.24) is 0 Å². The van der Waals surface area contributed by atoms with Crippen LogP contribution in [-0.4, -0.2) is 5.78 Å². The van der Waals surface area contributed by atoms with Gasteiger partial charge in [0.1, 0.15) is 0 Å². The van der Waals surface area contributed by atoms with Crippen molar-refractivity contribution in [2.45, 2.75) is 26.2 Å². The molecule has 0 radical (unpaired) electrons. The molecule has 0 saturated carbocycles. The first kappa shape index (κ1) is 10.7. The largest absolute Gasteiger partial charge is 0.295 e. The van der Waals surface area contributed by atoms with Crippen LogP contribution in [0.2, 0.25) is 0 Å². The number of ketones is 1. The summed E-state index contributed by atoms with van der Waals surface area (Å²) in [5.41, 5.74) is 1.96. The second-order valence-electron chi connectivity index (χ2n) is 3.54. The summed E-state index contributed by atoms with van der Waals surface area (Å²) < 4.78 is 0. The van der Waals surface area contributed by atoms with Crippen LogP contribution < -0.4 is 0 Å². The van der Waals surface area contributed by atoms with Gasteiger partial charge in [-0.3, -0.25) is 4.79 Å². The van der Waals surface area contributed by atoms with Gasteiger partial charge < -0.3 is 0 Å². The van der Waals surface area contributed by atoms with Gasteiger partial charge in [-0.05, 0) is 30.9 Å². The maximum atomic E-state index is 11.2. The van der Waals surface area contributed by atoms with Gasteiger partial charge in [0, 0.05) is 6.42 Å². The molecule has 0 aromatic heterocycles. The van der Waals surface area contributed by atoms with E-state index >= 15 is 0 Å². The summed E-state index contributed by atoms with van der Waals surface area (Å²) in [4.78, 5) is 11.2. The molecular formula is C13H16O. The summed E-state index contributed by atoms with van der Waals surface area (Å²) in [5.74, 6) is 0.181. The molecule has 0 aliphatic carbocycles. The number of carbonyl (C=O) groups is 1. The molecule has 0 bridgehead atoms. The highest BCUT2D eigenvalue weighted by Gasteiger charge is 2.01. The number of aryl methyl sites for hydroxylation is 1. The van der Waals surface area contributed by atoms with Crippen LogP contribution in [0.4, 0.5) is 0 Å². The molecule has 0 atom stereocenters. The molecule has 0 aliphatic rings. The van der Waals surface area contributed by atoms with E-state index in [1.807, 2.05) is 18.2 Å². The third-order valence-electron chi connectivity index (χ3n) is 2.19. The standard InChI is InChI=1S/C13H16O/c1-11(2)13(14)10-6-9-12-7-4-3-5-8-12/h3-5,7-8H,1,6,9-10H2,2H3. The Hall–Kier alpha value is -1.37. The summed E-state index contributed by atoms with van der Waals surface area (Å²) in [7, 11) is 0. The van der Waals surface area contributed by atoms with Crippen LogP contribution in [0.5, 0.6) is 0 Å². The monoisotopic (exact) mass is 188 g/mol. The number of allylic oxidation sites excluding steroid dienone is 1. The molecular weight excluding hydrogens is 172 g/mol. The van der Waals surface area contributed by atoms with Gasteiger partial charge in [0.2, 0.25) is 0 Å². The van der Waals surface area contributed by atoms with Crippen molar-refractivity contribution < 1.29 is 4.79 Å². The number of hydrogen-bond donors (Lipinski definition) is 0. The lowest BCUT2D eigenvalue weighted by Gasteiger charge is -2.00. The second-order valence-corrected chi connectivity index (χ2v) is 3.54. The van der Waals surface area contributed by atoms with Crippen molar-refractivity contribution in [3.63, 3.8) is 0 Å². The summed E-state index contributed by atoms with van der Waals surface area (Å²) >= 11 is 0. The highest BCUT2D eigenvalue weighted by atomic mass is 16.1. The van der Waals surface area contributed by atoms with Crippen molar-refractivity contribution in [2.24, 2.45) is 0 Å². The highest BCUT2D eigenvalue weighted by molar-refractivity contribution is 5.93. The smallest absolute Gasteiger partial charge is 0.157 e. The van der Waals surface area contributed by atoms with E-state index in [0.29, 0.717) is 12.0 Å². The SMILES string of the molecule is C=C(C)C(=O)CCCc1ccccc1. The molecule has 0 saturated heterocycles. The zero-order valence-electron chi connectivity index (χ0n) is 8.62. The first-order valence-electron chi connectivity index (χ1n) is 4.93. The van der Waals surface area contributed by atoms with Gasteiger partial charge >= 0.3 is 0 Å². The lowest BCUT2D eigenvalue weighted by molar-refractivity contribution is -0.115. The Labute approximate surface area is 85.5 Å². The maximum absolute atomic E-state index is 11.2. The van der Waals surface area contributed by atoms with E-state index in [-0.39, 0.29) is 5.78 Å². The quantitative estimate of drug-likeness (QED) is 0.649. The molecule has 0 N–H and O–H groups in total. The Balaban J connectivity index is 2.29. The van der Waals surface area contributed by atoms with Crippen LogP contribution in [0.1, 0.15) is 25.3 Å². The first-order valence-corrected chi connectivity index (χ1v) is 4.93. The topological polar surface area (TPSA) is 17.1 Å². The predicted octanol–water partition coefficient (Wildman–Crippen LogP) is 3.15. The van der Waals surface area contributed by atoms with Crippen LogP contribution in [0.25, 0.3) is 0 Å². The average molecular weight is 188 g/mol. The second kappa shape index (κ2) is 5.38. The summed E-state index contributed by atoms with van der Waals surface area (Å²) in [5, 5.41) is 0. The Morgan fingerprint density at radius 3 is 2.50 bits per heavy atom. The minimum Gasteiger partial charge on any atom is -0.295 e. The Kier molecular flexibility index (Phi) is 4.11. The number of carbonyl (C=O) groups excluding carboxylic acids is 1. The van der Waals surface area contributed by atoms with Crippen molar-refractivity contribution in [3.8, 4) is 0 Å². The summed E-state index contributed by atoms with van der Waals surface area (Å²) in [6.45, 7) is 5.40. The molecule has 0 heterocycles. The van der Waals surface area contributed by atoms with Crippen molar-refractivity contribution in [2.75, 3.05) is 0 Å². The van der Waals surface area contributed by atoms with Crippen LogP contribution in [0.15, 0.2) is 42.5 Å². The van der Waals surface area contributed by atoms with E-state index in [0.717, 1.165) is 12.8 Å². The highest BCUT2D eigenvalue weighted by Crippen LogP contribution is 2.06. The zero-order chi connectivity index (χ0) is 10.4. The van der Waals surface area contributed by atoms with E-state index in [9.17, 15) is 4.79 Å². The van der Waals surface area contributed by atoms with Crippen LogP contribution >= 0.6 is 0 Å². The molecule has 1 rings (SSSR count). The van der Waals surface area contributed by atoms with Gasteiger partial charge in [-0.2, -0.15) is 0 Å². The van der Waals surface area contributed by atoms with E-state index in [1.54, 1.807) is 6.92 Å². The van der Waals surface area contributed by atoms with Crippen molar-refractivity contribution in [1.29, 1.82) is 0 Å². The Bertz CT molecular complexity index is 311. The Morgan fingerprint density at radius 1 is 1.29 bits per heavy atom. The molecule has 1 heteroatoms. The van der Waals surface area contributed by atoms with Gasteiger partial charge in [-0.15, -0.1) is 0 Å². The lowest BCUT2D eigenvalue weighted by Crippen LogP contribution is -1.98. The number of Topliss-reactive ketones (excluding diaryl/α,β-unsaturated/α-hetero) is 1. The third-order valence-corrected chi connectivity index (χ3v) is 2.19. The fourth-order valence-corrected chi connectivity index (χ4v) is 1.31. The number of benzene rings is 1. The minimum atomic E-state index is 0.181. The third kappa shape index (κ3) is 3.56. The molecule has 0 aliphatic heterocycles. The first-order chi connectivity index (χ1) is 6.70.